The summed E-state index contributed by atoms with van der Waals surface area (Å²) >= 11 is 0. The maximum absolute atomic E-state index is 8.51. The highest BCUT2D eigenvalue weighted by molar-refractivity contribution is 5.46. The molecule has 20 heavy (non-hydrogen) atoms. The van der Waals surface area contributed by atoms with E-state index in [1.807, 2.05) is 30.3 Å². The van der Waals surface area contributed by atoms with Crippen molar-refractivity contribution in [1.29, 1.82) is 5.26 Å². The van der Waals surface area contributed by atoms with Gasteiger partial charge >= 0.3 is 0 Å². The Morgan fingerprint density at radius 1 is 1.10 bits per heavy atom. The molecule has 3 nitrogen and oxygen atoms in total. The minimum atomic E-state index is 0.0788. The third kappa shape index (κ3) is 4.03. The molecule has 0 fully saturated rings. The van der Waals surface area contributed by atoms with Gasteiger partial charge in [-0.25, -0.2) is 0 Å². The van der Waals surface area contributed by atoms with Crippen molar-refractivity contribution in [1.82, 2.24) is 0 Å². The fourth-order valence-corrected chi connectivity index (χ4v) is 1.97. The van der Waals surface area contributed by atoms with E-state index >= 15 is 0 Å². The van der Waals surface area contributed by atoms with Gasteiger partial charge in [0.25, 0.3) is 0 Å². The SMILES string of the molecule is CCc1cccc(NCc2cccc(OCC#N)c2)c1. The van der Waals surface area contributed by atoms with E-state index in [0.29, 0.717) is 0 Å². The summed E-state index contributed by atoms with van der Waals surface area (Å²) in [6.45, 7) is 2.96. The van der Waals surface area contributed by atoms with Gasteiger partial charge in [0.15, 0.2) is 6.61 Å². The topological polar surface area (TPSA) is 45.0 Å². The second kappa shape index (κ2) is 7.20. The number of anilines is 1. The van der Waals surface area contributed by atoms with E-state index < -0.39 is 0 Å². The zero-order valence-corrected chi connectivity index (χ0v) is 11.6. The van der Waals surface area contributed by atoms with Crippen LogP contribution in [0.3, 0.4) is 0 Å². The second-order valence-electron chi connectivity index (χ2n) is 4.50. The lowest BCUT2D eigenvalue weighted by Gasteiger charge is -2.09. The molecule has 0 heterocycles. The van der Waals surface area contributed by atoms with E-state index in [2.05, 4.69) is 36.5 Å². The minimum Gasteiger partial charge on any atom is -0.479 e. The molecule has 0 unspecified atom stereocenters. The van der Waals surface area contributed by atoms with Gasteiger partial charge < -0.3 is 10.1 Å². The normalized spacial score (nSPS) is 9.80. The molecule has 2 aromatic carbocycles. The molecule has 0 bridgehead atoms. The molecule has 0 saturated heterocycles. The van der Waals surface area contributed by atoms with Gasteiger partial charge in [0.05, 0.1) is 0 Å². The first-order valence-electron chi connectivity index (χ1n) is 6.73. The highest BCUT2D eigenvalue weighted by Gasteiger charge is 1.98. The number of hydrogen-bond acceptors (Lipinski definition) is 3. The van der Waals surface area contributed by atoms with Crippen molar-refractivity contribution in [3.05, 3.63) is 59.7 Å². The fraction of sp³-hybridized carbons (Fsp3) is 0.235. The molecule has 0 saturated carbocycles. The predicted octanol–water partition coefficient (Wildman–Crippen LogP) is 3.76. The first-order chi connectivity index (χ1) is 9.81. The molecule has 3 heteroatoms. The Balaban J connectivity index is 1.98. The standard InChI is InChI=1S/C17H18N2O/c1-2-14-5-3-7-16(11-14)19-13-15-6-4-8-17(12-15)20-10-9-18/h3-8,11-12,19H,2,10,13H2,1H3. The van der Waals surface area contributed by atoms with Crippen LogP contribution in [0.5, 0.6) is 5.75 Å². The van der Waals surface area contributed by atoms with Crippen LogP contribution >= 0.6 is 0 Å². The van der Waals surface area contributed by atoms with Crippen LogP contribution in [0.15, 0.2) is 48.5 Å². The van der Waals surface area contributed by atoms with Crippen LogP contribution in [0.4, 0.5) is 5.69 Å². The Kier molecular flexibility index (Phi) is 5.02. The third-order valence-electron chi connectivity index (χ3n) is 3.03. The maximum atomic E-state index is 8.51. The van der Waals surface area contributed by atoms with Gasteiger partial charge in [-0.15, -0.1) is 0 Å². The summed E-state index contributed by atoms with van der Waals surface area (Å²) in [5.74, 6) is 0.730. The molecule has 0 aliphatic rings. The molecule has 0 aliphatic heterocycles. The highest BCUT2D eigenvalue weighted by atomic mass is 16.5. The van der Waals surface area contributed by atoms with Crippen molar-refractivity contribution < 1.29 is 4.74 Å². The summed E-state index contributed by atoms with van der Waals surface area (Å²) in [6, 6.07) is 18.2. The van der Waals surface area contributed by atoms with E-state index in [4.69, 9.17) is 10.00 Å². The van der Waals surface area contributed by atoms with Gasteiger partial charge in [-0.1, -0.05) is 31.2 Å². The summed E-state index contributed by atoms with van der Waals surface area (Å²) < 4.78 is 5.30. The van der Waals surface area contributed by atoms with Crippen LogP contribution in [0.25, 0.3) is 0 Å². The van der Waals surface area contributed by atoms with Crippen molar-refractivity contribution in [2.24, 2.45) is 0 Å². The van der Waals surface area contributed by atoms with Gasteiger partial charge in [0.1, 0.15) is 11.8 Å². The van der Waals surface area contributed by atoms with Crippen molar-refractivity contribution in [2.75, 3.05) is 11.9 Å². The first-order valence-corrected chi connectivity index (χ1v) is 6.73. The molecule has 0 spiro atoms. The van der Waals surface area contributed by atoms with Crippen LogP contribution in [-0.4, -0.2) is 6.61 Å². The van der Waals surface area contributed by atoms with Gasteiger partial charge in [0.2, 0.25) is 0 Å². The fourth-order valence-electron chi connectivity index (χ4n) is 1.97. The predicted molar refractivity (Wildman–Crippen MR) is 80.7 cm³/mol. The molecular weight excluding hydrogens is 248 g/mol. The zero-order chi connectivity index (χ0) is 14.2. The number of rotatable bonds is 6. The zero-order valence-electron chi connectivity index (χ0n) is 11.6. The maximum Gasteiger partial charge on any atom is 0.174 e. The Bertz CT molecular complexity index is 602. The Labute approximate surface area is 119 Å². The molecule has 0 radical (unpaired) electrons. The van der Waals surface area contributed by atoms with Gasteiger partial charge in [-0.2, -0.15) is 5.26 Å². The lowest BCUT2D eigenvalue weighted by molar-refractivity contribution is 0.368. The summed E-state index contributed by atoms with van der Waals surface area (Å²) in [5.41, 5.74) is 3.57. The van der Waals surface area contributed by atoms with Crippen LogP contribution in [-0.2, 0) is 13.0 Å². The van der Waals surface area contributed by atoms with Gasteiger partial charge in [0, 0.05) is 12.2 Å². The van der Waals surface area contributed by atoms with Gasteiger partial charge in [-0.3, -0.25) is 0 Å². The summed E-state index contributed by atoms with van der Waals surface area (Å²) in [6.07, 6.45) is 1.03. The quantitative estimate of drug-likeness (QED) is 0.865. The molecule has 2 rings (SSSR count). The molecular formula is C17H18N2O. The van der Waals surface area contributed by atoms with Crippen LogP contribution < -0.4 is 10.1 Å². The number of aryl methyl sites for hydroxylation is 1. The largest absolute Gasteiger partial charge is 0.479 e. The van der Waals surface area contributed by atoms with E-state index in [9.17, 15) is 0 Å². The number of nitrogens with zero attached hydrogens (tertiary/aromatic N) is 1. The Morgan fingerprint density at radius 3 is 2.70 bits per heavy atom. The number of nitriles is 1. The number of ether oxygens (including phenoxy) is 1. The lowest BCUT2D eigenvalue weighted by Crippen LogP contribution is -2.01. The Morgan fingerprint density at radius 2 is 1.90 bits per heavy atom. The minimum absolute atomic E-state index is 0.0788. The first kappa shape index (κ1) is 14.0. The number of hydrogen-bond donors (Lipinski definition) is 1. The van der Waals surface area contributed by atoms with E-state index in [-0.39, 0.29) is 6.61 Å². The van der Waals surface area contributed by atoms with Crippen LogP contribution in [0.1, 0.15) is 18.1 Å². The Hall–Kier alpha value is -2.47. The molecule has 0 atom stereocenters. The molecule has 0 aliphatic carbocycles. The average molecular weight is 266 g/mol. The van der Waals surface area contributed by atoms with E-state index in [1.54, 1.807) is 0 Å². The highest BCUT2D eigenvalue weighted by Crippen LogP contribution is 2.16. The summed E-state index contributed by atoms with van der Waals surface area (Å²) in [5, 5.41) is 11.9. The molecule has 2 aromatic rings. The lowest BCUT2D eigenvalue weighted by atomic mass is 10.1. The number of benzene rings is 2. The average Bonchev–Trinajstić information content (AvgIpc) is 2.51. The van der Waals surface area contributed by atoms with Crippen molar-refractivity contribution in [3.63, 3.8) is 0 Å². The number of nitrogens with one attached hydrogen (secondary N) is 1. The van der Waals surface area contributed by atoms with E-state index in [0.717, 1.165) is 30.0 Å². The summed E-state index contributed by atoms with van der Waals surface area (Å²) in [7, 11) is 0. The van der Waals surface area contributed by atoms with Crippen LogP contribution in [0.2, 0.25) is 0 Å². The van der Waals surface area contributed by atoms with Crippen molar-refractivity contribution in [3.8, 4) is 11.8 Å². The molecule has 0 aromatic heterocycles. The summed E-state index contributed by atoms with van der Waals surface area (Å²) in [4.78, 5) is 0. The van der Waals surface area contributed by atoms with Gasteiger partial charge in [-0.05, 0) is 41.8 Å². The van der Waals surface area contributed by atoms with Crippen molar-refractivity contribution >= 4 is 5.69 Å². The third-order valence-corrected chi connectivity index (χ3v) is 3.03. The smallest absolute Gasteiger partial charge is 0.174 e. The molecule has 102 valence electrons. The second-order valence-corrected chi connectivity index (χ2v) is 4.50. The molecule has 1 N–H and O–H groups in total. The van der Waals surface area contributed by atoms with Crippen molar-refractivity contribution in [2.45, 2.75) is 19.9 Å². The monoisotopic (exact) mass is 266 g/mol. The molecule has 0 amide bonds. The van der Waals surface area contributed by atoms with Crippen LogP contribution in [0, 0.1) is 11.3 Å². The van der Waals surface area contributed by atoms with E-state index in [1.165, 1.54) is 5.56 Å².